The Bertz CT molecular complexity index is 936. The summed E-state index contributed by atoms with van der Waals surface area (Å²) >= 11 is 11.8. The van der Waals surface area contributed by atoms with Crippen molar-refractivity contribution in [3.8, 4) is 0 Å². The van der Waals surface area contributed by atoms with Crippen molar-refractivity contribution in [2.75, 3.05) is 10.6 Å². The zero-order chi connectivity index (χ0) is 17.8. The molecular formula is C17H11Cl2FN4O. The Balaban J connectivity index is 1.77. The minimum atomic E-state index is -0.551. The Morgan fingerprint density at radius 1 is 1.00 bits per heavy atom. The van der Waals surface area contributed by atoms with Gasteiger partial charge in [0.15, 0.2) is 0 Å². The first-order chi connectivity index (χ1) is 12.0. The fourth-order valence-electron chi connectivity index (χ4n) is 2.02. The first-order valence-electron chi connectivity index (χ1n) is 7.13. The molecular weight excluding hydrogens is 366 g/mol. The van der Waals surface area contributed by atoms with Gasteiger partial charge in [0.2, 0.25) is 0 Å². The molecule has 0 saturated heterocycles. The summed E-state index contributed by atoms with van der Waals surface area (Å²) in [7, 11) is 0. The van der Waals surface area contributed by atoms with Crippen LogP contribution in [0.3, 0.4) is 0 Å². The van der Waals surface area contributed by atoms with Gasteiger partial charge in [0.25, 0.3) is 5.91 Å². The molecule has 126 valence electrons. The van der Waals surface area contributed by atoms with Gasteiger partial charge in [0.1, 0.15) is 23.7 Å². The van der Waals surface area contributed by atoms with Gasteiger partial charge in [-0.2, -0.15) is 0 Å². The minimum Gasteiger partial charge on any atom is -0.340 e. The lowest BCUT2D eigenvalue weighted by molar-refractivity contribution is 0.102. The van der Waals surface area contributed by atoms with Gasteiger partial charge in [0.05, 0.1) is 15.7 Å². The highest BCUT2D eigenvalue weighted by atomic mass is 35.5. The highest BCUT2D eigenvalue weighted by Gasteiger charge is 2.11. The van der Waals surface area contributed by atoms with Gasteiger partial charge in [-0.25, -0.2) is 14.4 Å². The summed E-state index contributed by atoms with van der Waals surface area (Å²) in [5, 5.41) is 6.28. The molecule has 8 heteroatoms. The van der Waals surface area contributed by atoms with Crippen molar-refractivity contribution in [2.24, 2.45) is 0 Å². The van der Waals surface area contributed by atoms with Crippen molar-refractivity contribution in [2.45, 2.75) is 0 Å². The monoisotopic (exact) mass is 376 g/mol. The molecule has 0 aliphatic carbocycles. The number of rotatable bonds is 4. The SMILES string of the molecule is O=C(Nc1ccccc1F)c1cc(Nc2ccc(Cl)c(Cl)c2)ncn1. The number of halogens is 3. The topological polar surface area (TPSA) is 66.9 Å². The minimum absolute atomic E-state index is 0.0742. The van der Waals surface area contributed by atoms with Gasteiger partial charge in [-0.05, 0) is 30.3 Å². The van der Waals surface area contributed by atoms with Gasteiger partial charge in [-0.1, -0.05) is 35.3 Å². The molecule has 1 heterocycles. The van der Waals surface area contributed by atoms with Gasteiger partial charge in [-0.15, -0.1) is 0 Å². The standard InChI is InChI=1S/C17H11Cl2FN4O/c18-11-6-5-10(7-12(11)19)23-16-8-15(21-9-22-16)17(25)24-14-4-2-1-3-13(14)20/h1-9H,(H,24,25)(H,21,22,23). The van der Waals surface area contributed by atoms with E-state index >= 15 is 0 Å². The number of amides is 1. The predicted octanol–water partition coefficient (Wildman–Crippen LogP) is 4.92. The van der Waals surface area contributed by atoms with E-state index in [-0.39, 0.29) is 11.4 Å². The van der Waals surface area contributed by atoms with Gasteiger partial charge < -0.3 is 10.6 Å². The van der Waals surface area contributed by atoms with Crippen molar-refractivity contribution >= 4 is 46.3 Å². The molecule has 0 aliphatic heterocycles. The summed E-state index contributed by atoms with van der Waals surface area (Å²) in [6, 6.07) is 12.3. The van der Waals surface area contributed by atoms with E-state index in [1.54, 1.807) is 24.3 Å². The zero-order valence-corrected chi connectivity index (χ0v) is 14.1. The van der Waals surface area contributed by atoms with Crippen LogP contribution in [-0.4, -0.2) is 15.9 Å². The fraction of sp³-hybridized carbons (Fsp3) is 0. The number of benzene rings is 2. The van der Waals surface area contributed by atoms with Crippen LogP contribution in [0.15, 0.2) is 54.9 Å². The van der Waals surface area contributed by atoms with Crippen LogP contribution in [0.5, 0.6) is 0 Å². The average Bonchev–Trinajstić information content (AvgIpc) is 2.60. The molecule has 2 N–H and O–H groups in total. The van der Waals surface area contributed by atoms with Crippen LogP contribution >= 0.6 is 23.2 Å². The van der Waals surface area contributed by atoms with Crippen molar-refractivity contribution in [1.82, 2.24) is 9.97 Å². The van der Waals surface area contributed by atoms with Crippen LogP contribution in [0.25, 0.3) is 0 Å². The number of hydrogen-bond acceptors (Lipinski definition) is 4. The second-order valence-electron chi connectivity index (χ2n) is 4.98. The maximum atomic E-state index is 13.6. The fourth-order valence-corrected chi connectivity index (χ4v) is 2.32. The third kappa shape index (κ3) is 4.23. The molecule has 25 heavy (non-hydrogen) atoms. The number of aromatic nitrogens is 2. The smallest absolute Gasteiger partial charge is 0.274 e. The van der Waals surface area contributed by atoms with Crippen molar-refractivity contribution in [3.05, 3.63) is 76.4 Å². The highest BCUT2D eigenvalue weighted by molar-refractivity contribution is 6.42. The van der Waals surface area contributed by atoms with Gasteiger partial charge in [-0.3, -0.25) is 4.79 Å². The second-order valence-corrected chi connectivity index (χ2v) is 5.79. The van der Waals surface area contributed by atoms with E-state index in [1.165, 1.54) is 30.6 Å². The normalized spacial score (nSPS) is 10.4. The second kappa shape index (κ2) is 7.46. The molecule has 0 bridgehead atoms. The van der Waals surface area contributed by atoms with E-state index in [1.807, 2.05) is 0 Å². The Morgan fingerprint density at radius 2 is 1.80 bits per heavy atom. The number of carbonyl (C=O) groups is 1. The van der Waals surface area contributed by atoms with Crippen molar-refractivity contribution in [1.29, 1.82) is 0 Å². The van der Waals surface area contributed by atoms with Crippen LogP contribution in [0.4, 0.5) is 21.6 Å². The summed E-state index contributed by atoms with van der Waals surface area (Å²) < 4.78 is 13.6. The van der Waals surface area contributed by atoms with Crippen molar-refractivity contribution < 1.29 is 9.18 Å². The van der Waals surface area contributed by atoms with Crippen LogP contribution in [0, 0.1) is 5.82 Å². The molecule has 0 fully saturated rings. The van der Waals surface area contributed by atoms with E-state index in [4.69, 9.17) is 23.2 Å². The number of nitrogens with zero attached hydrogens (tertiary/aromatic N) is 2. The van der Waals surface area contributed by atoms with Crippen LogP contribution in [-0.2, 0) is 0 Å². The van der Waals surface area contributed by atoms with E-state index in [0.29, 0.717) is 21.6 Å². The third-order valence-electron chi connectivity index (χ3n) is 3.21. The molecule has 0 saturated carbocycles. The quantitative estimate of drug-likeness (QED) is 0.678. The summed E-state index contributed by atoms with van der Waals surface area (Å²) in [6.45, 7) is 0. The zero-order valence-electron chi connectivity index (χ0n) is 12.6. The van der Waals surface area contributed by atoms with Crippen molar-refractivity contribution in [3.63, 3.8) is 0 Å². The molecule has 0 unspecified atom stereocenters. The van der Waals surface area contributed by atoms with Gasteiger partial charge in [0, 0.05) is 11.8 Å². The molecule has 5 nitrogen and oxygen atoms in total. The maximum absolute atomic E-state index is 13.6. The molecule has 0 spiro atoms. The highest BCUT2D eigenvalue weighted by Crippen LogP contribution is 2.26. The number of para-hydroxylation sites is 1. The molecule has 0 atom stereocenters. The van der Waals surface area contributed by atoms with Crippen LogP contribution in [0.1, 0.15) is 10.5 Å². The summed E-state index contributed by atoms with van der Waals surface area (Å²) in [5.41, 5.74) is 0.805. The average molecular weight is 377 g/mol. The van der Waals surface area contributed by atoms with Crippen LogP contribution < -0.4 is 10.6 Å². The molecule has 3 rings (SSSR count). The Kier molecular flexibility index (Phi) is 5.11. The largest absolute Gasteiger partial charge is 0.340 e. The molecule has 1 amide bonds. The van der Waals surface area contributed by atoms with E-state index in [9.17, 15) is 9.18 Å². The van der Waals surface area contributed by atoms with E-state index in [0.717, 1.165) is 0 Å². The lowest BCUT2D eigenvalue weighted by atomic mass is 10.3. The number of nitrogens with one attached hydrogen (secondary N) is 2. The maximum Gasteiger partial charge on any atom is 0.274 e. The molecule has 3 aromatic rings. The van der Waals surface area contributed by atoms with Crippen LogP contribution in [0.2, 0.25) is 10.0 Å². The number of anilines is 3. The van der Waals surface area contributed by atoms with E-state index < -0.39 is 11.7 Å². The molecule has 1 aromatic heterocycles. The summed E-state index contributed by atoms with van der Waals surface area (Å²) in [4.78, 5) is 20.2. The molecule has 0 radical (unpaired) electrons. The Hall–Kier alpha value is -2.70. The summed E-state index contributed by atoms with van der Waals surface area (Å²) in [5.74, 6) is -0.698. The summed E-state index contributed by atoms with van der Waals surface area (Å²) in [6.07, 6.45) is 1.23. The number of carbonyl (C=O) groups excluding carboxylic acids is 1. The molecule has 2 aromatic carbocycles. The molecule has 0 aliphatic rings. The lowest BCUT2D eigenvalue weighted by Crippen LogP contribution is -2.15. The Morgan fingerprint density at radius 3 is 2.56 bits per heavy atom. The first kappa shape index (κ1) is 17.1. The first-order valence-corrected chi connectivity index (χ1v) is 7.88. The number of hydrogen-bond donors (Lipinski definition) is 2. The lowest BCUT2D eigenvalue weighted by Gasteiger charge is -2.09. The third-order valence-corrected chi connectivity index (χ3v) is 3.95. The van der Waals surface area contributed by atoms with Gasteiger partial charge >= 0.3 is 0 Å². The predicted molar refractivity (Wildman–Crippen MR) is 96.1 cm³/mol. The Labute approximate surface area is 152 Å². The van der Waals surface area contributed by atoms with E-state index in [2.05, 4.69) is 20.6 Å².